The van der Waals surface area contributed by atoms with Gasteiger partial charge in [0.15, 0.2) is 0 Å². The SMILES string of the molecule is CCOC(CCNC)(C(C)C1CC1)C1(C)C=CCC(C)CCC1. The zero-order valence-corrected chi connectivity index (χ0v) is 16.2. The van der Waals surface area contributed by atoms with Gasteiger partial charge in [-0.25, -0.2) is 0 Å². The zero-order valence-electron chi connectivity index (χ0n) is 16.2. The van der Waals surface area contributed by atoms with Gasteiger partial charge in [0.25, 0.3) is 0 Å². The van der Waals surface area contributed by atoms with E-state index in [2.05, 4.69) is 52.2 Å². The molecule has 0 spiro atoms. The minimum absolute atomic E-state index is 0.0248. The predicted octanol–water partition coefficient (Wildman–Crippen LogP) is 5.19. The Morgan fingerprint density at radius 2 is 2.09 bits per heavy atom. The van der Waals surface area contributed by atoms with Crippen LogP contribution < -0.4 is 5.32 Å². The lowest BCUT2D eigenvalue weighted by atomic mass is 9.61. The molecular formula is C21H39NO. The Kier molecular flexibility index (Phi) is 6.74. The van der Waals surface area contributed by atoms with Crippen molar-refractivity contribution in [3.8, 4) is 0 Å². The monoisotopic (exact) mass is 321 g/mol. The smallest absolute Gasteiger partial charge is 0.0809 e. The predicted molar refractivity (Wildman–Crippen MR) is 99.7 cm³/mol. The van der Waals surface area contributed by atoms with Gasteiger partial charge in [0.1, 0.15) is 0 Å². The highest BCUT2D eigenvalue weighted by molar-refractivity contribution is 5.14. The molecular weight excluding hydrogens is 282 g/mol. The van der Waals surface area contributed by atoms with E-state index in [0.717, 1.165) is 31.4 Å². The molecule has 1 fully saturated rings. The molecule has 23 heavy (non-hydrogen) atoms. The largest absolute Gasteiger partial charge is 0.374 e. The van der Waals surface area contributed by atoms with Crippen LogP contribution in [0, 0.1) is 23.2 Å². The van der Waals surface area contributed by atoms with Crippen LogP contribution in [0.4, 0.5) is 0 Å². The van der Waals surface area contributed by atoms with Crippen molar-refractivity contribution in [2.24, 2.45) is 23.2 Å². The van der Waals surface area contributed by atoms with E-state index in [1.807, 2.05) is 0 Å². The van der Waals surface area contributed by atoms with Crippen molar-refractivity contribution >= 4 is 0 Å². The molecule has 0 heterocycles. The first-order chi connectivity index (χ1) is 11.0. The number of nitrogens with one attached hydrogen (secondary N) is 1. The summed E-state index contributed by atoms with van der Waals surface area (Å²) in [5.41, 5.74) is 0.130. The Morgan fingerprint density at radius 3 is 2.70 bits per heavy atom. The van der Waals surface area contributed by atoms with Crippen molar-refractivity contribution in [3.05, 3.63) is 12.2 Å². The lowest BCUT2D eigenvalue weighted by Crippen LogP contribution is -2.55. The first-order valence-corrected chi connectivity index (χ1v) is 9.95. The van der Waals surface area contributed by atoms with Crippen LogP contribution in [0.15, 0.2) is 12.2 Å². The summed E-state index contributed by atoms with van der Waals surface area (Å²) < 4.78 is 6.67. The highest BCUT2D eigenvalue weighted by Gasteiger charge is 2.54. The van der Waals surface area contributed by atoms with Crippen LogP contribution in [0.25, 0.3) is 0 Å². The van der Waals surface area contributed by atoms with Gasteiger partial charge in [0.2, 0.25) is 0 Å². The quantitative estimate of drug-likeness (QED) is 0.621. The van der Waals surface area contributed by atoms with Crippen LogP contribution in [0.1, 0.15) is 72.6 Å². The highest BCUT2D eigenvalue weighted by Crippen LogP contribution is 2.54. The minimum atomic E-state index is -0.0248. The first kappa shape index (κ1) is 19.0. The summed E-state index contributed by atoms with van der Waals surface area (Å²) in [7, 11) is 2.07. The lowest BCUT2D eigenvalue weighted by molar-refractivity contribution is -0.155. The van der Waals surface area contributed by atoms with E-state index in [0.29, 0.717) is 5.92 Å². The molecule has 0 aliphatic heterocycles. The van der Waals surface area contributed by atoms with Gasteiger partial charge in [-0.2, -0.15) is 0 Å². The first-order valence-electron chi connectivity index (χ1n) is 9.95. The molecule has 0 aromatic rings. The number of allylic oxidation sites excluding steroid dienone is 1. The van der Waals surface area contributed by atoms with Gasteiger partial charge in [-0.15, -0.1) is 0 Å². The van der Waals surface area contributed by atoms with Gasteiger partial charge in [-0.1, -0.05) is 45.8 Å². The third-order valence-electron chi connectivity index (χ3n) is 6.60. The van der Waals surface area contributed by atoms with Crippen molar-refractivity contribution in [3.63, 3.8) is 0 Å². The van der Waals surface area contributed by atoms with Crippen LogP contribution in [-0.4, -0.2) is 25.8 Å². The van der Waals surface area contributed by atoms with Gasteiger partial charge in [0, 0.05) is 12.0 Å². The van der Waals surface area contributed by atoms with Crippen LogP contribution in [-0.2, 0) is 4.74 Å². The van der Waals surface area contributed by atoms with Crippen LogP contribution >= 0.6 is 0 Å². The fourth-order valence-corrected chi connectivity index (χ4v) is 4.88. The van der Waals surface area contributed by atoms with Crippen LogP contribution in [0.2, 0.25) is 0 Å². The Bertz CT molecular complexity index is 389. The van der Waals surface area contributed by atoms with Gasteiger partial charge in [-0.05, 0) is 70.4 Å². The van der Waals surface area contributed by atoms with E-state index >= 15 is 0 Å². The average Bonchev–Trinajstić information content (AvgIpc) is 3.33. The molecule has 2 aliphatic carbocycles. The molecule has 0 aromatic carbocycles. The van der Waals surface area contributed by atoms with Gasteiger partial charge >= 0.3 is 0 Å². The fourth-order valence-electron chi connectivity index (χ4n) is 4.88. The average molecular weight is 322 g/mol. The van der Waals surface area contributed by atoms with E-state index in [9.17, 15) is 0 Å². The summed E-state index contributed by atoms with van der Waals surface area (Å²) in [6.45, 7) is 11.4. The minimum Gasteiger partial charge on any atom is -0.374 e. The number of hydrogen-bond acceptors (Lipinski definition) is 2. The molecule has 4 unspecified atom stereocenters. The molecule has 134 valence electrons. The summed E-state index contributed by atoms with van der Waals surface area (Å²) in [6.07, 6.45) is 14.1. The number of rotatable bonds is 8. The maximum atomic E-state index is 6.67. The topological polar surface area (TPSA) is 21.3 Å². The highest BCUT2D eigenvalue weighted by atomic mass is 16.5. The third-order valence-corrected chi connectivity index (χ3v) is 6.60. The molecule has 1 saturated carbocycles. The molecule has 0 saturated heterocycles. The van der Waals surface area contributed by atoms with E-state index in [1.165, 1.54) is 38.5 Å². The molecule has 2 heteroatoms. The maximum absolute atomic E-state index is 6.67. The fraction of sp³-hybridized carbons (Fsp3) is 0.905. The van der Waals surface area contributed by atoms with Gasteiger partial charge in [0.05, 0.1) is 5.60 Å². The molecule has 0 bridgehead atoms. The Balaban J connectivity index is 2.35. The second-order valence-electron chi connectivity index (χ2n) is 8.36. The molecule has 2 rings (SSSR count). The Hall–Kier alpha value is -0.340. The van der Waals surface area contributed by atoms with E-state index in [1.54, 1.807) is 0 Å². The van der Waals surface area contributed by atoms with Crippen LogP contribution in [0.5, 0.6) is 0 Å². The van der Waals surface area contributed by atoms with Crippen molar-refractivity contribution in [2.45, 2.75) is 78.2 Å². The number of ether oxygens (including phenoxy) is 1. The van der Waals surface area contributed by atoms with Crippen molar-refractivity contribution in [1.29, 1.82) is 0 Å². The molecule has 0 radical (unpaired) electrons. The zero-order chi connectivity index (χ0) is 16.9. The summed E-state index contributed by atoms with van der Waals surface area (Å²) in [5.74, 6) is 2.34. The normalized spacial score (nSPS) is 32.8. The molecule has 0 amide bonds. The standard InChI is InChI=1S/C21H39NO/c1-6-23-21(15-16-22-5,18(3)19-11-12-19)20(4)13-7-9-17(2)10-8-14-20/h7,13,17-19,22H,6,8-12,14-16H2,1-5H3. The maximum Gasteiger partial charge on any atom is 0.0809 e. The summed E-state index contributed by atoms with van der Waals surface area (Å²) in [4.78, 5) is 0. The van der Waals surface area contributed by atoms with Gasteiger partial charge in [-0.3, -0.25) is 0 Å². The Labute approximate surface area is 144 Å². The van der Waals surface area contributed by atoms with Crippen molar-refractivity contribution < 1.29 is 4.74 Å². The van der Waals surface area contributed by atoms with E-state index in [4.69, 9.17) is 4.74 Å². The second kappa shape index (κ2) is 8.16. The van der Waals surface area contributed by atoms with Crippen molar-refractivity contribution in [1.82, 2.24) is 5.32 Å². The lowest BCUT2D eigenvalue weighted by Gasteiger charge is -2.52. The molecule has 2 nitrogen and oxygen atoms in total. The molecule has 2 aliphatic rings. The second-order valence-corrected chi connectivity index (χ2v) is 8.36. The molecule has 0 aromatic heterocycles. The number of hydrogen-bond donors (Lipinski definition) is 1. The Morgan fingerprint density at radius 1 is 1.35 bits per heavy atom. The molecule has 4 atom stereocenters. The van der Waals surface area contributed by atoms with E-state index in [-0.39, 0.29) is 11.0 Å². The summed E-state index contributed by atoms with van der Waals surface area (Å²) >= 11 is 0. The van der Waals surface area contributed by atoms with Crippen molar-refractivity contribution in [2.75, 3.05) is 20.2 Å². The molecule has 1 N–H and O–H groups in total. The van der Waals surface area contributed by atoms with Gasteiger partial charge < -0.3 is 10.1 Å². The van der Waals surface area contributed by atoms with E-state index < -0.39 is 0 Å². The third kappa shape index (κ3) is 4.20. The summed E-state index contributed by atoms with van der Waals surface area (Å²) in [6, 6.07) is 0. The summed E-state index contributed by atoms with van der Waals surface area (Å²) in [5, 5.41) is 3.38. The van der Waals surface area contributed by atoms with Crippen LogP contribution in [0.3, 0.4) is 0 Å².